The predicted octanol–water partition coefficient (Wildman–Crippen LogP) is 4.67. The first-order valence-electron chi connectivity index (χ1n) is 12.7. The molecule has 182 valence electrons. The Hall–Kier alpha value is -2.22. The fourth-order valence-electron chi connectivity index (χ4n) is 6.43. The number of carbonyl (C=O) groups excluding carboxylic acids is 1. The van der Waals surface area contributed by atoms with E-state index < -0.39 is 0 Å². The lowest BCUT2D eigenvalue weighted by Crippen LogP contribution is -2.50. The molecule has 34 heavy (non-hydrogen) atoms. The van der Waals surface area contributed by atoms with Crippen LogP contribution in [0.5, 0.6) is 0 Å². The summed E-state index contributed by atoms with van der Waals surface area (Å²) >= 11 is 6.73. The summed E-state index contributed by atoms with van der Waals surface area (Å²) in [5, 5.41) is 8.46. The highest BCUT2D eigenvalue weighted by Gasteiger charge is 2.42. The third-order valence-corrected chi connectivity index (χ3v) is 8.43. The number of fused-ring (bicyclic) bond motifs is 4. The monoisotopic (exact) mass is 484 g/mol. The third kappa shape index (κ3) is 3.78. The summed E-state index contributed by atoms with van der Waals surface area (Å²) in [6.07, 6.45) is 7.48. The largest absolute Gasteiger partial charge is 0.450 e. The summed E-state index contributed by atoms with van der Waals surface area (Å²) in [5.41, 5.74) is 2.42. The van der Waals surface area contributed by atoms with Gasteiger partial charge in [-0.1, -0.05) is 37.4 Å². The summed E-state index contributed by atoms with van der Waals surface area (Å²) in [6.45, 7) is 9.24. The van der Waals surface area contributed by atoms with Crippen molar-refractivity contribution in [3.63, 3.8) is 0 Å². The van der Waals surface area contributed by atoms with Crippen LogP contribution in [0.4, 0.5) is 5.69 Å². The van der Waals surface area contributed by atoms with E-state index in [1.165, 1.54) is 6.42 Å². The van der Waals surface area contributed by atoms with Crippen LogP contribution in [0.3, 0.4) is 0 Å². The molecule has 8 heteroatoms. The maximum absolute atomic E-state index is 13.4. The van der Waals surface area contributed by atoms with E-state index in [0.717, 1.165) is 106 Å². The Kier molecular flexibility index (Phi) is 5.74. The smallest absolute Gasteiger partial charge is 0.289 e. The van der Waals surface area contributed by atoms with Crippen molar-refractivity contribution in [2.24, 2.45) is 0 Å². The van der Waals surface area contributed by atoms with Crippen molar-refractivity contribution in [1.29, 1.82) is 0 Å². The Morgan fingerprint density at radius 1 is 1.09 bits per heavy atom. The average Bonchev–Trinajstić information content (AvgIpc) is 3.28. The minimum Gasteiger partial charge on any atom is -0.450 e. The van der Waals surface area contributed by atoms with E-state index in [1.807, 2.05) is 17.0 Å². The number of furan rings is 1. The zero-order valence-corrected chi connectivity index (χ0v) is 20.4. The lowest BCUT2D eigenvalue weighted by atomic mass is 9.74. The van der Waals surface area contributed by atoms with Crippen LogP contribution in [0.1, 0.15) is 61.1 Å². The topological polar surface area (TPSA) is 70.0 Å². The first kappa shape index (κ1) is 22.3. The SMILES string of the molecule is C=C1Nc2c(Cl)cc3cc(C(=O)N4CCC(N5CCOCC5)CC4)oc3c2C2(CCCCC2)N1. The molecule has 7 nitrogen and oxygen atoms in total. The van der Waals surface area contributed by atoms with E-state index in [1.54, 1.807) is 0 Å². The molecule has 6 rings (SSSR count). The van der Waals surface area contributed by atoms with Crippen molar-refractivity contribution in [3.05, 3.63) is 40.9 Å². The number of piperidine rings is 1. The molecule has 2 saturated heterocycles. The van der Waals surface area contributed by atoms with E-state index in [0.29, 0.717) is 16.8 Å². The molecule has 1 aromatic carbocycles. The molecular formula is C26H33ClN4O3. The van der Waals surface area contributed by atoms with Crippen molar-refractivity contribution in [2.75, 3.05) is 44.7 Å². The zero-order chi connectivity index (χ0) is 23.3. The highest BCUT2D eigenvalue weighted by atomic mass is 35.5. The van der Waals surface area contributed by atoms with Crippen LogP contribution in [0.15, 0.2) is 28.9 Å². The second-order valence-corrected chi connectivity index (χ2v) is 10.6. The van der Waals surface area contributed by atoms with Crippen LogP contribution in [0.2, 0.25) is 5.02 Å². The second kappa shape index (κ2) is 8.77. The number of ether oxygens (including phenoxy) is 1. The Morgan fingerprint density at radius 3 is 2.56 bits per heavy atom. The van der Waals surface area contributed by atoms with Gasteiger partial charge in [0.25, 0.3) is 5.91 Å². The maximum atomic E-state index is 13.4. The Morgan fingerprint density at radius 2 is 1.82 bits per heavy atom. The summed E-state index contributed by atoms with van der Waals surface area (Å²) in [6, 6.07) is 4.31. The molecule has 1 amide bonds. The lowest BCUT2D eigenvalue weighted by molar-refractivity contribution is 0.00129. The number of carbonyl (C=O) groups is 1. The average molecular weight is 485 g/mol. The minimum absolute atomic E-state index is 0.0275. The number of likely N-dealkylation sites (tertiary alicyclic amines) is 1. The maximum Gasteiger partial charge on any atom is 0.289 e. The Bertz CT molecular complexity index is 1110. The van der Waals surface area contributed by atoms with E-state index in [4.69, 9.17) is 20.8 Å². The van der Waals surface area contributed by atoms with Crippen molar-refractivity contribution < 1.29 is 13.9 Å². The molecule has 4 aliphatic rings. The number of amides is 1. The van der Waals surface area contributed by atoms with Crippen molar-refractivity contribution >= 4 is 34.2 Å². The van der Waals surface area contributed by atoms with Crippen LogP contribution < -0.4 is 10.6 Å². The van der Waals surface area contributed by atoms with Crippen LogP contribution in [0.25, 0.3) is 11.0 Å². The normalized spacial score (nSPS) is 23.6. The lowest BCUT2D eigenvalue weighted by Gasteiger charge is -2.44. The van der Waals surface area contributed by atoms with E-state index in [-0.39, 0.29) is 11.4 Å². The Labute approximate surface area is 205 Å². The highest BCUT2D eigenvalue weighted by Crippen LogP contribution is 2.49. The number of nitrogens with one attached hydrogen (secondary N) is 2. The molecule has 0 atom stereocenters. The summed E-state index contributed by atoms with van der Waals surface area (Å²) in [7, 11) is 0. The van der Waals surface area contributed by atoms with E-state index >= 15 is 0 Å². The first-order chi connectivity index (χ1) is 16.5. The number of nitrogens with zero attached hydrogens (tertiary/aromatic N) is 2. The molecule has 1 aliphatic carbocycles. The fraction of sp³-hybridized carbons (Fsp3) is 0.577. The molecule has 1 aromatic heterocycles. The molecule has 0 unspecified atom stereocenters. The zero-order valence-electron chi connectivity index (χ0n) is 19.6. The van der Waals surface area contributed by atoms with Gasteiger partial charge in [-0.15, -0.1) is 0 Å². The van der Waals surface area contributed by atoms with Crippen molar-refractivity contribution in [1.82, 2.24) is 15.1 Å². The van der Waals surface area contributed by atoms with Crippen LogP contribution in [-0.2, 0) is 10.3 Å². The van der Waals surface area contributed by atoms with Gasteiger partial charge in [0.15, 0.2) is 5.76 Å². The molecule has 2 aromatic rings. The molecule has 2 N–H and O–H groups in total. The number of hydrogen-bond acceptors (Lipinski definition) is 6. The molecule has 0 bridgehead atoms. The van der Waals surface area contributed by atoms with E-state index in [9.17, 15) is 4.79 Å². The third-order valence-electron chi connectivity index (χ3n) is 8.14. The van der Waals surface area contributed by atoms with Crippen molar-refractivity contribution in [3.8, 4) is 0 Å². The van der Waals surface area contributed by atoms with Gasteiger partial charge < -0.3 is 24.7 Å². The second-order valence-electron chi connectivity index (χ2n) is 10.2. The number of morpholine rings is 1. The molecule has 1 saturated carbocycles. The van der Waals surface area contributed by atoms with Gasteiger partial charge in [0.05, 0.1) is 35.3 Å². The van der Waals surface area contributed by atoms with Crippen LogP contribution >= 0.6 is 11.6 Å². The van der Waals surface area contributed by atoms with Gasteiger partial charge >= 0.3 is 0 Å². The van der Waals surface area contributed by atoms with Crippen LogP contribution in [0, 0.1) is 0 Å². The molecule has 3 fully saturated rings. The molecule has 3 aliphatic heterocycles. The molecular weight excluding hydrogens is 452 g/mol. The van der Waals surface area contributed by atoms with Crippen LogP contribution in [-0.4, -0.2) is 61.1 Å². The van der Waals surface area contributed by atoms with Gasteiger partial charge in [0.2, 0.25) is 0 Å². The number of rotatable bonds is 2. The number of hydrogen-bond donors (Lipinski definition) is 2. The standard InChI is InChI=1S/C26H33ClN4O3/c1-17-28-23-20(27)15-18-16-21(34-24(18)22(23)26(29-17)7-3-2-4-8-26)25(32)31-9-5-19(6-10-31)30-11-13-33-14-12-30/h15-16,19,28-29H,1-14H2. The number of benzene rings is 1. The summed E-state index contributed by atoms with van der Waals surface area (Å²) in [5.74, 6) is 1.14. The summed E-state index contributed by atoms with van der Waals surface area (Å²) in [4.78, 5) is 17.9. The first-order valence-corrected chi connectivity index (χ1v) is 13.0. The van der Waals surface area contributed by atoms with Gasteiger partial charge in [0.1, 0.15) is 5.58 Å². The highest BCUT2D eigenvalue weighted by molar-refractivity contribution is 6.34. The van der Waals surface area contributed by atoms with E-state index in [2.05, 4.69) is 22.1 Å². The van der Waals surface area contributed by atoms with Gasteiger partial charge in [0, 0.05) is 43.2 Å². The van der Waals surface area contributed by atoms with Gasteiger partial charge in [-0.2, -0.15) is 0 Å². The fourth-order valence-corrected chi connectivity index (χ4v) is 6.69. The van der Waals surface area contributed by atoms with Gasteiger partial charge in [-0.3, -0.25) is 9.69 Å². The number of anilines is 1. The quantitative estimate of drug-likeness (QED) is 0.645. The predicted molar refractivity (Wildman–Crippen MR) is 133 cm³/mol. The molecule has 0 radical (unpaired) electrons. The molecule has 4 heterocycles. The Balaban J connectivity index is 1.28. The number of halogens is 1. The van der Waals surface area contributed by atoms with Gasteiger partial charge in [-0.25, -0.2) is 0 Å². The van der Waals surface area contributed by atoms with Crippen molar-refractivity contribution in [2.45, 2.75) is 56.5 Å². The molecule has 1 spiro atoms. The minimum atomic E-state index is -0.256. The summed E-state index contributed by atoms with van der Waals surface area (Å²) < 4.78 is 11.8. The van der Waals surface area contributed by atoms with Gasteiger partial charge in [-0.05, 0) is 37.8 Å².